The zero-order valence-corrected chi connectivity index (χ0v) is 10.2. The molecule has 1 aliphatic heterocycles. The summed E-state index contributed by atoms with van der Waals surface area (Å²) in [5.74, 6) is -0.773. The third-order valence-corrected chi connectivity index (χ3v) is 3.95. The summed E-state index contributed by atoms with van der Waals surface area (Å²) in [6, 6.07) is 8.21. The zero-order valence-electron chi connectivity index (χ0n) is 10.2. The van der Waals surface area contributed by atoms with Crippen molar-refractivity contribution in [2.75, 3.05) is 19.8 Å². The highest BCUT2D eigenvalue weighted by Gasteiger charge is 2.36. The minimum absolute atomic E-state index is 0.308. The van der Waals surface area contributed by atoms with E-state index in [0.717, 1.165) is 19.4 Å². The van der Waals surface area contributed by atoms with E-state index in [0.29, 0.717) is 19.3 Å². The van der Waals surface area contributed by atoms with Crippen molar-refractivity contribution in [1.29, 1.82) is 0 Å². The number of rotatable bonds is 2. The van der Waals surface area contributed by atoms with Crippen molar-refractivity contribution >= 4 is 5.97 Å². The van der Waals surface area contributed by atoms with Gasteiger partial charge >= 0.3 is 5.97 Å². The highest BCUT2D eigenvalue weighted by atomic mass is 16.5. The number of carboxylic acid groups (broad SMARTS) is 1. The number of benzene rings is 1. The van der Waals surface area contributed by atoms with Crippen LogP contribution in [-0.2, 0) is 22.4 Å². The molecule has 4 nitrogen and oxygen atoms in total. The van der Waals surface area contributed by atoms with Crippen molar-refractivity contribution < 1.29 is 14.6 Å². The number of ether oxygens (including phenoxy) is 1. The van der Waals surface area contributed by atoms with Crippen molar-refractivity contribution in [2.45, 2.75) is 24.9 Å². The molecule has 1 aliphatic carbocycles. The van der Waals surface area contributed by atoms with E-state index in [1.807, 2.05) is 0 Å². The van der Waals surface area contributed by atoms with Gasteiger partial charge in [-0.25, -0.2) is 0 Å². The number of fused-ring (bicyclic) bond motifs is 1. The number of carbonyl (C=O) groups is 1. The Balaban J connectivity index is 1.78. The number of hydrogen-bond donors (Lipinski definition) is 1. The van der Waals surface area contributed by atoms with Crippen LogP contribution in [0, 0.1) is 0 Å². The molecule has 3 rings (SSSR count). The van der Waals surface area contributed by atoms with Crippen LogP contribution in [0.3, 0.4) is 0 Å². The van der Waals surface area contributed by atoms with E-state index in [9.17, 15) is 9.90 Å². The smallest absolute Gasteiger partial charge is 0.323 e. The lowest BCUT2D eigenvalue weighted by atomic mass is 10.1. The van der Waals surface area contributed by atoms with Crippen LogP contribution >= 0.6 is 0 Å². The monoisotopic (exact) mass is 247 g/mol. The van der Waals surface area contributed by atoms with Crippen LogP contribution in [-0.4, -0.2) is 47.8 Å². The van der Waals surface area contributed by atoms with Gasteiger partial charge in [0, 0.05) is 12.6 Å². The van der Waals surface area contributed by atoms with Gasteiger partial charge in [0.1, 0.15) is 6.04 Å². The fourth-order valence-corrected chi connectivity index (χ4v) is 3.04. The van der Waals surface area contributed by atoms with Gasteiger partial charge in [0.25, 0.3) is 0 Å². The molecular formula is C14H17NO3. The van der Waals surface area contributed by atoms with E-state index >= 15 is 0 Å². The predicted octanol–water partition coefficient (Wildman–Crippen LogP) is 0.939. The van der Waals surface area contributed by atoms with Gasteiger partial charge in [0.15, 0.2) is 0 Å². The molecule has 1 aromatic rings. The van der Waals surface area contributed by atoms with Crippen LogP contribution in [0.2, 0.25) is 0 Å². The Morgan fingerprint density at radius 1 is 1.28 bits per heavy atom. The van der Waals surface area contributed by atoms with E-state index in [1.54, 1.807) is 0 Å². The summed E-state index contributed by atoms with van der Waals surface area (Å²) in [6.07, 6.45) is 1.92. The molecule has 0 spiro atoms. The Bertz CT molecular complexity index is 435. The van der Waals surface area contributed by atoms with Crippen LogP contribution in [0.4, 0.5) is 0 Å². The molecule has 96 valence electrons. The van der Waals surface area contributed by atoms with E-state index in [-0.39, 0.29) is 0 Å². The van der Waals surface area contributed by atoms with Gasteiger partial charge in [-0.1, -0.05) is 24.3 Å². The topological polar surface area (TPSA) is 49.8 Å². The van der Waals surface area contributed by atoms with E-state index in [2.05, 4.69) is 29.2 Å². The fourth-order valence-electron chi connectivity index (χ4n) is 3.04. The van der Waals surface area contributed by atoms with Crippen molar-refractivity contribution in [3.63, 3.8) is 0 Å². The minimum Gasteiger partial charge on any atom is -0.480 e. The van der Waals surface area contributed by atoms with Gasteiger partial charge < -0.3 is 9.84 Å². The molecule has 1 fully saturated rings. The molecule has 1 atom stereocenters. The number of aliphatic carboxylic acids is 1. The second-order valence-corrected chi connectivity index (χ2v) is 5.00. The second-order valence-electron chi connectivity index (χ2n) is 5.00. The Labute approximate surface area is 106 Å². The van der Waals surface area contributed by atoms with E-state index in [4.69, 9.17) is 4.74 Å². The van der Waals surface area contributed by atoms with Crippen molar-refractivity contribution in [2.24, 2.45) is 0 Å². The lowest BCUT2D eigenvalue weighted by Gasteiger charge is -2.37. The molecule has 4 heteroatoms. The summed E-state index contributed by atoms with van der Waals surface area (Å²) in [5.41, 5.74) is 2.72. The molecule has 1 unspecified atom stereocenters. The molecule has 1 heterocycles. The highest BCUT2D eigenvalue weighted by Crippen LogP contribution is 2.27. The molecule has 2 aliphatic rings. The third kappa shape index (κ3) is 2.02. The Kier molecular flexibility index (Phi) is 3.06. The van der Waals surface area contributed by atoms with Gasteiger partial charge in [-0.15, -0.1) is 0 Å². The Hall–Kier alpha value is -1.39. The standard InChI is InChI=1S/C14H17NO3/c16-14(17)13-9-18-6-5-15(13)12-7-10-3-1-2-4-11(10)8-12/h1-4,12-13H,5-9H2,(H,16,17). The molecule has 0 amide bonds. The molecule has 0 radical (unpaired) electrons. The van der Waals surface area contributed by atoms with Crippen LogP contribution < -0.4 is 0 Å². The molecule has 0 saturated carbocycles. The maximum Gasteiger partial charge on any atom is 0.323 e. The number of nitrogens with zero attached hydrogens (tertiary/aromatic N) is 1. The summed E-state index contributed by atoms with van der Waals surface area (Å²) < 4.78 is 5.29. The number of hydrogen-bond acceptors (Lipinski definition) is 3. The van der Waals surface area contributed by atoms with Crippen molar-refractivity contribution in [1.82, 2.24) is 4.90 Å². The molecule has 1 saturated heterocycles. The summed E-state index contributed by atoms with van der Waals surface area (Å²) >= 11 is 0. The molecular weight excluding hydrogens is 230 g/mol. The largest absolute Gasteiger partial charge is 0.480 e. The van der Waals surface area contributed by atoms with Crippen LogP contribution in [0.5, 0.6) is 0 Å². The maximum atomic E-state index is 11.3. The Morgan fingerprint density at radius 2 is 1.94 bits per heavy atom. The first-order chi connectivity index (χ1) is 8.75. The summed E-state index contributed by atoms with van der Waals surface area (Å²) in [4.78, 5) is 13.4. The summed E-state index contributed by atoms with van der Waals surface area (Å²) in [7, 11) is 0. The quantitative estimate of drug-likeness (QED) is 0.845. The van der Waals surface area contributed by atoms with Crippen molar-refractivity contribution in [3.8, 4) is 0 Å². The average molecular weight is 247 g/mol. The fraction of sp³-hybridized carbons (Fsp3) is 0.500. The van der Waals surface area contributed by atoms with Gasteiger partial charge in [-0.2, -0.15) is 0 Å². The predicted molar refractivity (Wildman–Crippen MR) is 66.6 cm³/mol. The third-order valence-electron chi connectivity index (χ3n) is 3.95. The second kappa shape index (κ2) is 4.71. The lowest BCUT2D eigenvalue weighted by Crippen LogP contribution is -2.54. The summed E-state index contributed by atoms with van der Waals surface area (Å²) in [5, 5.41) is 9.26. The first kappa shape index (κ1) is 11.7. The molecule has 18 heavy (non-hydrogen) atoms. The Morgan fingerprint density at radius 3 is 2.56 bits per heavy atom. The zero-order chi connectivity index (χ0) is 12.5. The maximum absolute atomic E-state index is 11.3. The van der Waals surface area contributed by atoms with Gasteiger partial charge in [-0.05, 0) is 24.0 Å². The first-order valence-electron chi connectivity index (χ1n) is 6.39. The minimum atomic E-state index is -0.773. The first-order valence-corrected chi connectivity index (χ1v) is 6.39. The normalized spacial score (nSPS) is 25.0. The number of carboxylic acids is 1. The number of morpholine rings is 1. The molecule has 0 aromatic heterocycles. The van der Waals surface area contributed by atoms with Crippen molar-refractivity contribution in [3.05, 3.63) is 35.4 Å². The lowest BCUT2D eigenvalue weighted by molar-refractivity contribution is -0.151. The average Bonchev–Trinajstić information content (AvgIpc) is 2.82. The van der Waals surface area contributed by atoms with Crippen LogP contribution in [0.25, 0.3) is 0 Å². The highest BCUT2D eigenvalue weighted by molar-refractivity contribution is 5.73. The van der Waals surface area contributed by atoms with Crippen LogP contribution in [0.15, 0.2) is 24.3 Å². The van der Waals surface area contributed by atoms with E-state index < -0.39 is 12.0 Å². The van der Waals surface area contributed by atoms with Crippen LogP contribution in [0.1, 0.15) is 11.1 Å². The summed E-state index contributed by atoms with van der Waals surface area (Å²) in [6.45, 7) is 1.66. The molecule has 1 N–H and O–H groups in total. The molecule has 0 bridgehead atoms. The van der Waals surface area contributed by atoms with E-state index in [1.165, 1.54) is 11.1 Å². The SMILES string of the molecule is O=C(O)C1COCCN1C1Cc2ccccc2C1. The van der Waals surface area contributed by atoms with Gasteiger partial charge in [0.05, 0.1) is 13.2 Å². The van der Waals surface area contributed by atoms with Gasteiger partial charge in [0.2, 0.25) is 0 Å². The van der Waals surface area contributed by atoms with Gasteiger partial charge in [-0.3, -0.25) is 9.69 Å². The molecule has 1 aromatic carbocycles.